The largest absolute Gasteiger partial charge is 0.389 e. The van der Waals surface area contributed by atoms with Crippen LogP contribution in [0.15, 0.2) is 24.3 Å². The van der Waals surface area contributed by atoms with E-state index in [9.17, 15) is 5.11 Å². The van der Waals surface area contributed by atoms with E-state index in [0.717, 1.165) is 38.2 Å². The van der Waals surface area contributed by atoms with E-state index in [2.05, 4.69) is 12.2 Å². The summed E-state index contributed by atoms with van der Waals surface area (Å²) in [5.41, 5.74) is 1.05. The van der Waals surface area contributed by atoms with Crippen LogP contribution >= 0.6 is 11.6 Å². The highest BCUT2D eigenvalue weighted by Gasteiger charge is 2.04. The van der Waals surface area contributed by atoms with Gasteiger partial charge in [0.25, 0.3) is 0 Å². The minimum Gasteiger partial charge on any atom is -0.389 e. The number of halogens is 1. The van der Waals surface area contributed by atoms with E-state index in [1.54, 1.807) is 0 Å². The SMILES string of the molecule is CCCOCCCNCC(O)COCc1ccc(Cl)cc1. The van der Waals surface area contributed by atoms with Gasteiger partial charge in [-0.15, -0.1) is 0 Å². The summed E-state index contributed by atoms with van der Waals surface area (Å²) in [5, 5.41) is 13.7. The summed E-state index contributed by atoms with van der Waals surface area (Å²) in [6.07, 6.45) is 1.52. The average Bonchev–Trinajstić information content (AvgIpc) is 2.48. The van der Waals surface area contributed by atoms with Crippen LogP contribution in [0.25, 0.3) is 0 Å². The molecule has 1 aromatic carbocycles. The summed E-state index contributed by atoms with van der Waals surface area (Å²) in [6.45, 7) is 5.87. The Morgan fingerprint density at radius 2 is 1.95 bits per heavy atom. The van der Waals surface area contributed by atoms with Gasteiger partial charge in [0.1, 0.15) is 0 Å². The summed E-state index contributed by atoms with van der Waals surface area (Å²) in [5.74, 6) is 0. The Kier molecular flexibility index (Phi) is 10.5. The predicted molar refractivity (Wildman–Crippen MR) is 85.7 cm³/mol. The normalized spacial score (nSPS) is 12.5. The molecule has 0 spiro atoms. The molecule has 0 saturated carbocycles. The smallest absolute Gasteiger partial charge is 0.0897 e. The van der Waals surface area contributed by atoms with Gasteiger partial charge in [0.15, 0.2) is 0 Å². The maximum Gasteiger partial charge on any atom is 0.0897 e. The van der Waals surface area contributed by atoms with Crippen molar-refractivity contribution in [2.24, 2.45) is 0 Å². The molecule has 0 aliphatic carbocycles. The van der Waals surface area contributed by atoms with Crippen molar-refractivity contribution in [2.75, 3.05) is 32.9 Å². The van der Waals surface area contributed by atoms with Gasteiger partial charge >= 0.3 is 0 Å². The summed E-state index contributed by atoms with van der Waals surface area (Å²) < 4.78 is 10.8. The van der Waals surface area contributed by atoms with E-state index in [1.807, 2.05) is 24.3 Å². The molecule has 0 radical (unpaired) electrons. The van der Waals surface area contributed by atoms with Gasteiger partial charge in [-0.3, -0.25) is 0 Å². The minimum atomic E-state index is -0.492. The lowest BCUT2D eigenvalue weighted by Gasteiger charge is -2.12. The van der Waals surface area contributed by atoms with Crippen molar-refractivity contribution in [1.82, 2.24) is 5.32 Å². The number of nitrogens with one attached hydrogen (secondary N) is 1. The summed E-state index contributed by atoms with van der Waals surface area (Å²) in [4.78, 5) is 0. The molecule has 120 valence electrons. The fourth-order valence-electron chi connectivity index (χ4n) is 1.77. The molecule has 0 aliphatic rings. The number of ether oxygens (including phenoxy) is 2. The maximum atomic E-state index is 9.77. The van der Waals surface area contributed by atoms with Crippen LogP contribution in [-0.4, -0.2) is 44.1 Å². The average molecular weight is 316 g/mol. The van der Waals surface area contributed by atoms with Crippen LogP contribution in [0, 0.1) is 0 Å². The van der Waals surface area contributed by atoms with Gasteiger partial charge in [0.2, 0.25) is 0 Å². The standard InChI is InChI=1S/C16H26ClNO3/c1-2-9-20-10-3-8-18-11-16(19)13-21-12-14-4-6-15(17)7-5-14/h4-7,16,18-19H,2-3,8-13H2,1H3. The Morgan fingerprint density at radius 1 is 1.19 bits per heavy atom. The third kappa shape index (κ3) is 9.82. The fraction of sp³-hybridized carbons (Fsp3) is 0.625. The number of hydrogen-bond acceptors (Lipinski definition) is 4. The highest BCUT2D eigenvalue weighted by molar-refractivity contribution is 6.30. The first kappa shape index (κ1) is 18.4. The fourth-order valence-corrected chi connectivity index (χ4v) is 1.89. The molecule has 0 heterocycles. The van der Waals surface area contributed by atoms with Crippen molar-refractivity contribution in [1.29, 1.82) is 0 Å². The summed E-state index contributed by atoms with van der Waals surface area (Å²) >= 11 is 5.81. The second-order valence-corrected chi connectivity index (χ2v) is 5.40. The van der Waals surface area contributed by atoms with Gasteiger partial charge in [-0.25, -0.2) is 0 Å². The first-order valence-corrected chi connectivity index (χ1v) is 7.89. The topological polar surface area (TPSA) is 50.7 Å². The van der Waals surface area contributed by atoms with Crippen LogP contribution in [0.5, 0.6) is 0 Å². The lowest BCUT2D eigenvalue weighted by atomic mass is 10.2. The molecule has 0 amide bonds. The van der Waals surface area contributed by atoms with Crippen molar-refractivity contribution in [3.63, 3.8) is 0 Å². The van der Waals surface area contributed by atoms with Crippen LogP contribution in [0.2, 0.25) is 5.02 Å². The summed E-state index contributed by atoms with van der Waals surface area (Å²) in [6, 6.07) is 7.50. The van der Waals surface area contributed by atoms with Gasteiger partial charge in [-0.1, -0.05) is 30.7 Å². The minimum absolute atomic E-state index is 0.321. The highest BCUT2D eigenvalue weighted by Crippen LogP contribution is 2.10. The highest BCUT2D eigenvalue weighted by atomic mass is 35.5. The first-order valence-electron chi connectivity index (χ1n) is 7.51. The monoisotopic (exact) mass is 315 g/mol. The van der Waals surface area contributed by atoms with E-state index >= 15 is 0 Å². The Bertz CT molecular complexity index is 359. The molecule has 4 nitrogen and oxygen atoms in total. The van der Waals surface area contributed by atoms with Crippen LogP contribution in [-0.2, 0) is 16.1 Å². The van der Waals surface area contributed by atoms with Crippen molar-refractivity contribution in [2.45, 2.75) is 32.5 Å². The third-order valence-corrected chi connectivity index (χ3v) is 3.11. The van der Waals surface area contributed by atoms with Gasteiger partial charge in [0.05, 0.1) is 19.3 Å². The Labute approximate surface area is 132 Å². The van der Waals surface area contributed by atoms with Crippen molar-refractivity contribution in [3.05, 3.63) is 34.9 Å². The lowest BCUT2D eigenvalue weighted by molar-refractivity contribution is 0.0286. The van der Waals surface area contributed by atoms with Crippen LogP contribution < -0.4 is 5.32 Å². The zero-order chi connectivity index (χ0) is 15.3. The first-order chi connectivity index (χ1) is 10.2. The van der Waals surface area contributed by atoms with Crippen molar-refractivity contribution in [3.8, 4) is 0 Å². The number of benzene rings is 1. The molecule has 0 aromatic heterocycles. The van der Waals surface area contributed by atoms with Gasteiger partial charge in [-0.2, -0.15) is 0 Å². The van der Waals surface area contributed by atoms with Crippen LogP contribution in [0.3, 0.4) is 0 Å². The molecule has 2 N–H and O–H groups in total. The van der Waals surface area contributed by atoms with E-state index in [4.69, 9.17) is 21.1 Å². The number of rotatable bonds is 12. The molecule has 1 unspecified atom stereocenters. The molecule has 0 saturated heterocycles. The predicted octanol–water partition coefficient (Wildman–Crippen LogP) is 2.62. The quantitative estimate of drug-likeness (QED) is 0.582. The number of aliphatic hydroxyl groups excluding tert-OH is 1. The zero-order valence-electron chi connectivity index (χ0n) is 12.7. The number of hydrogen-bond donors (Lipinski definition) is 2. The van der Waals surface area contributed by atoms with E-state index < -0.39 is 6.10 Å². The molecule has 0 aliphatic heterocycles. The third-order valence-electron chi connectivity index (χ3n) is 2.86. The number of aliphatic hydroxyl groups is 1. The van der Waals surface area contributed by atoms with Gasteiger partial charge in [-0.05, 0) is 37.1 Å². The second kappa shape index (κ2) is 12.0. The molecular formula is C16H26ClNO3. The molecule has 0 fully saturated rings. The molecule has 0 bridgehead atoms. The molecule has 1 atom stereocenters. The van der Waals surface area contributed by atoms with Crippen LogP contribution in [0.4, 0.5) is 0 Å². The molecular weight excluding hydrogens is 290 g/mol. The van der Waals surface area contributed by atoms with Crippen molar-refractivity contribution < 1.29 is 14.6 Å². The molecule has 1 aromatic rings. The molecule has 21 heavy (non-hydrogen) atoms. The lowest BCUT2D eigenvalue weighted by Crippen LogP contribution is -2.31. The van der Waals surface area contributed by atoms with Crippen molar-refractivity contribution >= 4 is 11.6 Å². The Hall–Kier alpha value is -0.650. The molecule has 5 heteroatoms. The second-order valence-electron chi connectivity index (χ2n) is 4.97. The maximum absolute atomic E-state index is 9.77. The Morgan fingerprint density at radius 3 is 2.67 bits per heavy atom. The van der Waals surface area contributed by atoms with Crippen LogP contribution in [0.1, 0.15) is 25.3 Å². The van der Waals surface area contributed by atoms with E-state index in [0.29, 0.717) is 24.8 Å². The Balaban J connectivity index is 1.96. The van der Waals surface area contributed by atoms with E-state index in [1.165, 1.54) is 0 Å². The van der Waals surface area contributed by atoms with Gasteiger partial charge < -0.3 is 19.9 Å². The molecule has 1 rings (SSSR count). The van der Waals surface area contributed by atoms with Gasteiger partial charge in [0, 0.05) is 24.8 Å². The summed E-state index contributed by atoms with van der Waals surface area (Å²) in [7, 11) is 0. The zero-order valence-corrected chi connectivity index (χ0v) is 13.4. The van der Waals surface area contributed by atoms with E-state index in [-0.39, 0.29) is 0 Å².